The van der Waals surface area contributed by atoms with Crippen molar-refractivity contribution in [1.29, 1.82) is 0 Å². The SMILES string of the molecule is COc1ccc(CNC(C)(C)C(=O)O)c(C)c1C. The van der Waals surface area contributed by atoms with Gasteiger partial charge in [0.15, 0.2) is 0 Å². The Kier molecular flexibility index (Phi) is 4.35. The van der Waals surface area contributed by atoms with E-state index in [2.05, 4.69) is 5.32 Å². The lowest BCUT2D eigenvalue weighted by Gasteiger charge is -2.22. The van der Waals surface area contributed by atoms with E-state index in [1.807, 2.05) is 26.0 Å². The van der Waals surface area contributed by atoms with Crippen LogP contribution in [0.5, 0.6) is 5.75 Å². The maximum atomic E-state index is 11.0. The van der Waals surface area contributed by atoms with Crippen LogP contribution in [-0.4, -0.2) is 23.7 Å². The molecular formula is C14H21NO3. The van der Waals surface area contributed by atoms with E-state index in [-0.39, 0.29) is 0 Å². The molecule has 0 unspecified atom stereocenters. The van der Waals surface area contributed by atoms with Gasteiger partial charge < -0.3 is 9.84 Å². The molecule has 0 radical (unpaired) electrons. The van der Waals surface area contributed by atoms with E-state index in [1.165, 1.54) is 0 Å². The predicted molar refractivity (Wildman–Crippen MR) is 71.0 cm³/mol. The number of rotatable bonds is 5. The molecule has 100 valence electrons. The molecule has 1 rings (SSSR count). The van der Waals surface area contributed by atoms with Gasteiger partial charge in [-0.15, -0.1) is 0 Å². The number of hydrogen-bond acceptors (Lipinski definition) is 3. The average Bonchev–Trinajstić information content (AvgIpc) is 2.31. The van der Waals surface area contributed by atoms with Crippen molar-refractivity contribution in [2.45, 2.75) is 39.8 Å². The number of methoxy groups -OCH3 is 1. The van der Waals surface area contributed by atoms with Gasteiger partial charge in [-0.05, 0) is 50.5 Å². The molecule has 18 heavy (non-hydrogen) atoms. The summed E-state index contributed by atoms with van der Waals surface area (Å²) in [6, 6.07) is 3.87. The van der Waals surface area contributed by atoms with Crippen molar-refractivity contribution in [3.8, 4) is 5.75 Å². The standard InChI is InChI=1S/C14H21NO3/c1-9-10(2)12(18-5)7-6-11(9)8-15-14(3,4)13(16)17/h6-7,15H,8H2,1-5H3,(H,16,17). The minimum atomic E-state index is -0.930. The molecule has 0 saturated carbocycles. The number of benzene rings is 1. The van der Waals surface area contributed by atoms with E-state index >= 15 is 0 Å². The third-order valence-electron chi connectivity index (χ3n) is 3.33. The zero-order chi connectivity index (χ0) is 13.9. The number of hydrogen-bond donors (Lipinski definition) is 2. The van der Waals surface area contributed by atoms with Crippen molar-refractivity contribution in [2.24, 2.45) is 0 Å². The highest BCUT2D eigenvalue weighted by molar-refractivity contribution is 5.77. The quantitative estimate of drug-likeness (QED) is 0.842. The second-order valence-corrected chi connectivity index (χ2v) is 4.96. The largest absolute Gasteiger partial charge is 0.496 e. The molecule has 0 heterocycles. The summed E-state index contributed by atoms with van der Waals surface area (Å²) in [7, 11) is 1.65. The fourth-order valence-electron chi connectivity index (χ4n) is 1.66. The molecule has 0 bridgehead atoms. The molecule has 0 spiro atoms. The third-order valence-corrected chi connectivity index (χ3v) is 3.33. The van der Waals surface area contributed by atoms with Gasteiger partial charge in [-0.1, -0.05) is 6.07 Å². The second kappa shape index (κ2) is 5.40. The molecule has 0 aliphatic rings. The number of nitrogens with one attached hydrogen (secondary N) is 1. The van der Waals surface area contributed by atoms with Gasteiger partial charge in [-0.25, -0.2) is 0 Å². The molecule has 0 aliphatic heterocycles. The average molecular weight is 251 g/mol. The zero-order valence-corrected chi connectivity index (χ0v) is 11.6. The lowest BCUT2D eigenvalue weighted by molar-refractivity contribution is -0.143. The Morgan fingerprint density at radius 1 is 1.33 bits per heavy atom. The fraction of sp³-hybridized carbons (Fsp3) is 0.500. The Morgan fingerprint density at radius 2 is 1.94 bits per heavy atom. The van der Waals surface area contributed by atoms with Crippen molar-refractivity contribution in [2.75, 3.05) is 7.11 Å². The van der Waals surface area contributed by atoms with Crippen molar-refractivity contribution in [3.05, 3.63) is 28.8 Å². The van der Waals surface area contributed by atoms with E-state index in [9.17, 15) is 4.79 Å². The predicted octanol–water partition coefficient (Wildman–Crippen LogP) is 2.26. The van der Waals surface area contributed by atoms with Gasteiger partial charge in [-0.3, -0.25) is 10.1 Å². The Morgan fingerprint density at radius 3 is 2.44 bits per heavy atom. The summed E-state index contributed by atoms with van der Waals surface area (Å²) in [6.45, 7) is 7.85. The van der Waals surface area contributed by atoms with E-state index in [1.54, 1.807) is 21.0 Å². The van der Waals surface area contributed by atoms with Crippen LogP contribution < -0.4 is 10.1 Å². The lowest BCUT2D eigenvalue weighted by atomic mass is 10.0. The number of carboxylic acid groups (broad SMARTS) is 1. The van der Waals surface area contributed by atoms with E-state index in [0.29, 0.717) is 6.54 Å². The Balaban J connectivity index is 2.87. The zero-order valence-electron chi connectivity index (χ0n) is 11.6. The molecule has 4 heteroatoms. The first kappa shape index (κ1) is 14.5. The number of carbonyl (C=O) groups is 1. The Hall–Kier alpha value is -1.55. The maximum Gasteiger partial charge on any atom is 0.323 e. The van der Waals surface area contributed by atoms with Crippen LogP contribution in [-0.2, 0) is 11.3 Å². The van der Waals surface area contributed by atoms with Gasteiger partial charge in [0.05, 0.1) is 7.11 Å². The summed E-state index contributed by atoms with van der Waals surface area (Å²) in [4.78, 5) is 11.0. The summed E-state index contributed by atoms with van der Waals surface area (Å²) in [5.41, 5.74) is 2.37. The number of aliphatic carboxylic acids is 1. The monoisotopic (exact) mass is 251 g/mol. The van der Waals surface area contributed by atoms with Gasteiger partial charge in [0.2, 0.25) is 0 Å². The molecule has 0 amide bonds. The molecule has 0 fully saturated rings. The first-order valence-electron chi connectivity index (χ1n) is 5.91. The molecule has 0 atom stereocenters. The van der Waals surface area contributed by atoms with E-state index in [0.717, 1.165) is 22.4 Å². The van der Waals surface area contributed by atoms with Crippen LogP contribution in [0.1, 0.15) is 30.5 Å². The third kappa shape index (κ3) is 3.01. The highest BCUT2D eigenvalue weighted by Gasteiger charge is 2.26. The van der Waals surface area contributed by atoms with Crippen LogP contribution in [0.25, 0.3) is 0 Å². The van der Waals surface area contributed by atoms with Crippen molar-refractivity contribution in [1.82, 2.24) is 5.32 Å². The maximum absolute atomic E-state index is 11.0. The topological polar surface area (TPSA) is 58.6 Å². The lowest BCUT2D eigenvalue weighted by Crippen LogP contribution is -2.46. The molecular weight excluding hydrogens is 230 g/mol. The van der Waals surface area contributed by atoms with Gasteiger partial charge in [-0.2, -0.15) is 0 Å². The summed E-state index contributed by atoms with van der Waals surface area (Å²) < 4.78 is 5.25. The number of carboxylic acids is 1. The molecule has 4 nitrogen and oxygen atoms in total. The van der Waals surface area contributed by atoms with Crippen molar-refractivity contribution in [3.63, 3.8) is 0 Å². The van der Waals surface area contributed by atoms with Crippen LogP contribution in [0, 0.1) is 13.8 Å². The Labute approximate surface area is 108 Å². The number of ether oxygens (including phenoxy) is 1. The van der Waals surface area contributed by atoms with Gasteiger partial charge in [0.25, 0.3) is 0 Å². The van der Waals surface area contributed by atoms with Gasteiger partial charge >= 0.3 is 5.97 Å². The highest BCUT2D eigenvalue weighted by atomic mass is 16.5. The normalized spacial score (nSPS) is 11.4. The van der Waals surface area contributed by atoms with Crippen LogP contribution in [0.4, 0.5) is 0 Å². The van der Waals surface area contributed by atoms with Crippen molar-refractivity contribution < 1.29 is 14.6 Å². The first-order valence-corrected chi connectivity index (χ1v) is 5.91. The Bertz CT molecular complexity index is 453. The summed E-state index contributed by atoms with van der Waals surface area (Å²) in [5, 5.41) is 12.1. The van der Waals surface area contributed by atoms with E-state index < -0.39 is 11.5 Å². The molecule has 0 saturated heterocycles. The fourth-order valence-corrected chi connectivity index (χ4v) is 1.66. The van der Waals surface area contributed by atoms with E-state index in [4.69, 9.17) is 9.84 Å². The summed E-state index contributed by atoms with van der Waals surface area (Å²) >= 11 is 0. The first-order chi connectivity index (χ1) is 8.29. The smallest absolute Gasteiger partial charge is 0.323 e. The van der Waals surface area contributed by atoms with Crippen LogP contribution in [0.2, 0.25) is 0 Å². The van der Waals surface area contributed by atoms with Crippen LogP contribution in [0.15, 0.2) is 12.1 Å². The molecule has 1 aromatic carbocycles. The van der Waals surface area contributed by atoms with Gasteiger partial charge in [0, 0.05) is 6.54 Å². The minimum absolute atomic E-state index is 0.524. The van der Waals surface area contributed by atoms with Gasteiger partial charge in [0.1, 0.15) is 11.3 Å². The molecule has 2 N–H and O–H groups in total. The molecule has 0 aromatic heterocycles. The highest BCUT2D eigenvalue weighted by Crippen LogP contribution is 2.24. The van der Waals surface area contributed by atoms with Crippen molar-refractivity contribution >= 4 is 5.97 Å². The summed E-state index contributed by atoms with van der Waals surface area (Å²) in [6.07, 6.45) is 0. The minimum Gasteiger partial charge on any atom is -0.496 e. The summed E-state index contributed by atoms with van der Waals surface area (Å²) in [5.74, 6) is -0.000804. The van der Waals surface area contributed by atoms with Crippen LogP contribution >= 0.6 is 0 Å². The molecule has 1 aromatic rings. The van der Waals surface area contributed by atoms with Crippen LogP contribution in [0.3, 0.4) is 0 Å². The molecule has 0 aliphatic carbocycles. The second-order valence-electron chi connectivity index (χ2n) is 4.96.